The molecule has 2 aliphatic carbocycles. The Kier molecular flexibility index (Phi) is 3.75. The van der Waals surface area contributed by atoms with Gasteiger partial charge in [0, 0.05) is 16.4 Å². The predicted octanol–water partition coefficient (Wildman–Crippen LogP) is 1.89. The highest BCUT2D eigenvalue weighted by Gasteiger charge is 2.50. The zero-order valence-corrected chi connectivity index (χ0v) is 15.1. The lowest BCUT2D eigenvalue weighted by molar-refractivity contribution is -0.495. The molecule has 4 rings (SSSR count). The molecule has 3 unspecified atom stereocenters. The third-order valence-electron chi connectivity index (χ3n) is 5.41. The lowest BCUT2D eigenvalue weighted by atomic mass is 9.87. The van der Waals surface area contributed by atoms with E-state index in [0.717, 1.165) is 24.1 Å². The number of carbonyl (C=O) groups is 1. The molecule has 1 amide bonds. The first kappa shape index (κ1) is 16.9. The van der Waals surface area contributed by atoms with Gasteiger partial charge in [-0.25, -0.2) is 9.07 Å². The zero-order chi connectivity index (χ0) is 18.6. The van der Waals surface area contributed by atoms with Crippen molar-refractivity contribution in [2.45, 2.75) is 45.6 Å². The number of aromatic nitrogens is 4. The van der Waals surface area contributed by atoms with Crippen LogP contribution in [0.3, 0.4) is 0 Å². The molecule has 3 atom stereocenters. The van der Waals surface area contributed by atoms with Crippen molar-refractivity contribution in [1.82, 2.24) is 20.1 Å². The van der Waals surface area contributed by atoms with Gasteiger partial charge in [0.25, 0.3) is 12.1 Å². The summed E-state index contributed by atoms with van der Waals surface area (Å²) < 4.78 is 15.8. The number of halogens is 1. The number of hydrogen-bond donors (Lipinski definition) is 2. The van der Waals surface area contributed by atoms with Gasteiger partial charge in [0.15, 0.2) is 5.69 Å². The molecule has 26 heavy (non-hydrogen) atoms. The second kappa shape index (κ2) is 5.75. The molecule has 7 nitrogen and oxygen atoms in total. The zero-order valence-electron chi connectivity index (χ0n) is 15.1. The van der Waals surface area contributed by atoms with Crippen molar-refractivity contribution >= 4 is 5.91 Å². The smallest absolute Gasteiger partial charge is 0.272 e. The van der Waals surface area contributed by atoms with Crippen LogP contribution < -0.4 is 9.74 Å². The van der Waals surface area contributed by atoms with E-state index in [-0.39, 0.29) is 11.3 Å². The second-order valence-electron chi connectivity index (χ2n) is 8.31. The highest BCUT2D eigenvalue weighted by atomic mass is 19.1. The number of H-pyrrole nitrogens is 1. The van der Waals surface area contributed by atoms with Crippen molar-refractivity contribution in [2.75, 3.05) is 6.67 Å². The van der Waals surface area contributed by atoms with Crippen LogP contribution in [0.15, 0.2) is 18.6 Å². The highest BCUT2D eigenvalue weighted by Crippen LogP contribution is 2.57. The van der Waals surface area contributed by atoms with Crippen molar-refractivity contribution in [1.29, 1.82) is 0 Å². The van der Waals surface area contributed by atoms with Crippen LogP contribution in [0.5, 0.6) is 0 Å². The summed E-state index contributed by atoms with van der Waals surface area (Å²) in [6.45, 7) is 5.04. The normalized spacial score (nSPS) is 21.8. The van der Waals surface area contributed by atoms with Gasteiger partial charge in [0.1, 0.15) is 6.67 Å². The van der Waals surface area contributed by atoms with E-state index in [0.29, 0.717) is 27.8 Å². The van der Waals surface area contributed by atoms with Crippen LogP contribution in [0.2, 0.25) is 0 Å². The van der Waals surface area contributed by atoms with Crippen molar-refractivity contribution in [3.8, 4) is 5.82 Å². The summed E-state index contributed by atoms with van der Waals surface area (Å²) in [7, 11) is 0. The van der Waals surface area contributed by atoms with Crippen LogP contribution in [0, 0.1) is 16.2 Å². The van der Waals surface area contributed by atoms with Crippen LogP contribution in [0.1, 0.15) is 54.9 Å². The maximum Gasteiger partial charge on any atom is 0.272 e. The summed E-state index contributed by atoms with van der Waals surface area (Å²) in [4.78, 5) is 27.5. The molecule has 8 heteroatoms. The molecule has 2 aliphatic rings. The fourth-order valence-electron chi connectivity index (χ4n) is 3.71. The Hall–Kier alpha value is -2.51. The minimum absolute atomic E-state index is 0.338. The Balaban J connectivity index is 1.72. The molecule has 2 heterocycles. The molecule has 2 N–H and O–H groups in total. The van der Waals surface area contributed by atoms with Gasteiger partial charge in [-0.3, -0.25) is 4.79 Å². The number of aromatic amines is 1. The standard InChI is InChI=1S/C18H22FN5O2/c1-18(2,3)13(8-19)21-17(25)15-12-7-10-6-11(10)16(12)24(22-15)14-9-23(26)5-4-20-14/h4-5,9-11,13H,6-8H2,1-3H3,(H-,20,21,25,26)/p+1. The van der Waals surface area contributed by atoms with E-state index in [2.05, 4.69) is 15.4 Å². The highest BCUT2D eigenvalue weighted by molar-refractivity contribution is 5.94. The van der Waals surface area contributed by atoms with Crippen molar-refractivity contribution in [2.24, 2.45) is 11.3 Å². The molecule has 0 radical (unpaired) electrons. The SMILES string of the molecule is CC(C)(C)C(CF)NC(=O)c1nn(-c2c[n+](=O)cc[nH]2)c2c1CC1CC21. The Morgan fingerprint density at radius 2 is 2.31 bits per heavy atom. The largest absolute Gasteiger partial charge is 0.345 e. The van der Waals surface area contributed by atoms with Crippen LogP contribution >= 0.6 is 0 Å². The summed E-state index contributed by atoms with van der Waals surface area (Å²) in [5.74, 6) is 1.09. The average Bonchev–Trinajstić information content (AvgIpc) is 3.07. The molecule has 2 aromatic heterocycles. The van der Waals surface area contributed by atoms with Gasteiger partial charge in [0.2, 0.25) is 12.0 Å². The molecule has 0 aliphatic heterocycles. The quantitative estimate of drug-likeness (QED) is 0.817. The van der Waals surface area contributed by atoms with E-state index < -0.39 is 12.7 Å². The van der Waals surface area contributed by atoms with E-state index in [9.17, 15) is 14.1 Å². The molecule has 0 aromatic carbocycles. The van der Waals surface area contributed by atoms with Gasteiger partial charge in [0.05, 0.1) is 22.4 Å². The first-order valence-electron chi connectivity index (χ1n) is 8.89. The minimum Gasteiger partial charge on any atom is -0.345 e. The Bertz CT molecular complexity index is 926. The van der Waals surface area contributed by atoms with Gasteiger partial charge < -0.3 is 10.3 Å². The summed E-state index contributed by atoms with van der Waals surface area (Å²) in [5.41, 5.74) is 1.87. The van der Waals surface area contributed by atoms with Crippen LogP contribution in [-0.2, 0) is 6.42 Å². The number of nitrogens with one attached hydrogen (secondary N) is 2. The van der Waals surface area contributed by atoms with Gasteiger partial charge in [-0.15, -0.1) is 0 Å². The number of fused-ring (bicyclic) bond motifs is 3. The Morgan fingerprint density at radius 1 is 1.54 bits per heavy atom. The third-order valence-corrected chi connectivity index (χ3v) is 5.41. The van der Waals surface area contributed by atoms with Gasteiger partial charge >= 0.3 is 0 Å². The van der Waals surface area contributed by atoms with Gasteiger partial charge in [-0.2, -0.15) is 5.10 Å². The number of rotatable bonds is 4. The van der Waals surface area contributed by atoms with E-state index in [1.807, 2.05) is 20.8 Å². The average molecular weight is 360 g/mol. The minimum atomic E-state index is -0.633. The lowest BCUT2D eigenvalue weighted by Crippen LogP contribution is -2.45. The topological polar surface area (TPSA) is 85.7 Å². The number of hydrogen-bond acceptors (Lipinski definition) is 3. The molecule has 0 bridgehead atoms. The first-order valence-corrected chi connectivity index (χ1v) is 8.89. The lowest BCUT2D eigenvalue weighted by Gasteiger charge is -2.28. The van der Waals surface area contributed by atoms with Crippen molar-refractivity contribution < 1.29 is 13.6 Å². The van der Waals surface area contributed by atoms with Crippen molar-refractivity contribution in [3.63, 3.8) is 0 Å². The molecular formula is C18H23FN5O2+. The van der Waals surface area contributed by atoms with Crippen LogP contribution in [0.25, 0.3) is 5.82 Å². The molecular weight excluding hydrogens is 337 g/mol. The number of nitrogens with zero attached hydrogens (tertiary/aromatic N) is 3. The fraction of sp³-hybridized carbons (Fsp3) is 0.556. The molecule has 1 saturated carbocycles. The van der Waals surface area contributed by atoms with E-state index in [1.165, 1.54) is 18.6 Å². The first-order chi connectivity index (χ1) is 12.3. The summed E-state index contributed by atoms with van der Waals surface area (Å²) in [6.07, 6.45) is 6.18. The number of alkyl halides is 1. The van der Waals surface area contributed by atoms with E-state index in [1.54, 1.807) is 4.68 Å². The molecule has 0 spiro atoms. The maximum atomic E-state index is 13.4. The summed E-state index contributed by atoms with van der Waals surface area (Å²) in [5, 5.41) is 7.28. The molecule has 0 saturated heterocycles. The van der Waals surface area contributed by atoms with Gasteiger partial charge in [-0.05, 0) is 24.2 Å². The third kappa shape index (κ3) is 2.73. The monoisotopic (exact) mass is 360 g/mol. The van der Waals surface area contributed by atoms with Crippen molar-refractivity contribution in [3.05, 3.63) is 40.4 Å². The van der Waals surface area contributed by atoms with Crippen LogP contribution in [-0.4, -0.2) is 33.4 Å². The fourth-order valence-corrected chi connectivity index (χ4v) is 3.71. The van der Waals surface area contributed by atoms with E-state index in [4.69, 9.17) is 0 Å². The number of amides is 1. The predicted molar refractivity (Wildman–Crippen MR) is 92.5 cm³/mol. The Labute approximate surface area is 150 Å². The molecule has 138 valence electrons. The summed E-state index contributed by atoms with van der Waals surface area (Å²) >= 11 is 0. The van der Waals surface area contributed by atoms with Crippen LogP contribution in [0.4, 0.5) is 4.39 Å². The Morgan fingerprint density at radius 3 is 2.96 bits per heavy atom. The summed E-state index contributed by atoms with van der Waals surface area (Å²) in [6, 6.07) is -0.584. The maximum absolute atomic E-state index is 13.4. The van der Waals surface area contributed by atoms with Gasteiger partial charge in [-0.1, -0.05) is 20.8 Å². The van der Waals surface area contributed by atoms with E-state index >= 15 is 0 Å². The molecule has 2 aromatic rings. The molecule has 1 fully saturated rings. The number of carbonyl (C=O) groups excluding carboxylic acids is 1. The second-order valence-corrected chi connectivity index (χ2v) is 8.31.